The van der Waals surface area contributed by atoms with E-state index >= 15 is 0 Å². The highest BCUT2D eigenvalue weighted by atomic mass is 16.3. The second kappa shape index (κ2) is 6.87. The van der Waals surface area contributed by atoms with Gasteiger partial charge in [0.25, 0.3) is 0 Å². The van der Waals surface area contributed by atoms with Crippen molar-refractivity contribution >= 4 is 17.5 Å². The van der Waals surface area contributed by atoms with Gasteiger partial charge >= 0.3 is 0 Å². The van der Waals surface area contributed by atoms with E-state index in [1.165, 1.54) is 0 Å². The van der Waals surface area contributed by atoms with Gasteiger partial charge in [0.05, 0.1) is 24.4 Å². The molecule has 1 fully saturated rings. The van der Waals surface area contributed by atoms with Crippen LogP contribution in [0.25, 0.3) is 5.69 Å². The molecule has 1 aromatic carbocycles. The maximum absolute atomic E-state index is 12.5. The molecule has 132 valence electrons. The van der Waals surface area contributed by atoms with Crippen LogP contribution in [0.3, 0.4) is 0 Å². The minimum atomic E-state index is -0.358. The number of carbonyl (C=O) groups excluding carboxylic acids is 2. The maximum Gasteiger partial charge on any atom is 0.229 e. The molecular weight excluding hydrogens is 332 g/mol. The lowest BCUT2D eigenvalue weighted by Gasteiger charge is -2.15. The molecule has 0 spiro atoms. The van der Waals surface area contributed by atoms with Crippen LogP contribution in [0.4, 0.5) is 5.69 Å². The van der Waals surface area contributed by atoms with Crippen LogP contribution in [0.15, 0.2) is 65.5 Å². The first-order chi connectivity index (χ1) is 12.7. The van der Waals surface area contributed by atoms with Gasteiger partial charge < -0.3 is 14.6 Å². The molecule has 3 aromatic rings. The summed E-state index contributed by atoms with van der Waals surface area (Å²) in [5.41, 5.74) is 1.61. The van der Waals surface area contributed by atoms with Crippen LogP contribution in [0, 0.1) is 5.92 Å². The largest absolute Gasteiger partial charge is 0.467 e. The topological polar surface area (TPSA) is 80.4 Å². The summed E-state index contributed by atoms with van der Waals surface area (Å²) >= 11 is 0. The number of furan rings is 1. The molecule has 1 unspecified atom stereocenters. The molecule has 2 amide bonds. The van der Waals surface area contributed by atoms with Gasteiger partial charge in [0, 0.05) is 31.0 Å². The van der Waals surface area contributed by atoms with Gasteiger partial charge in [0.1, 0.15) is 5.76 Å². The van der Waals surface area contributed by atoms with E-state index in [9.17, 15) is 9.59 Å². The summed E-state index contributed by atoms with van der Waals surface area (Å²) in [5, 5.41) is 7.05. The zero-order valence-corrected chi connectivity index (χ0v) is 14.0. The monoisotopic (exact) mass is 350 g/mol. The van der Waals surface area contributed by atoms with Crippen molar-refractivity contribution in [2.75, 3.05) is 11.9 Å². The molecule has 2 aromatic heterocycles. The van der Waals surface area contributed by atoms with Crippen molar-refractivity contribution in [3.63, 3.8) is 0 Å². The highest BCUT2D eigenvalue weighted by Gasteiger charge is 2.34. The molecule has 7 nitrogen and oxygen atoms in total. The molecule has 1 atom stereocenters. The zero-order valence-electron chi connectivity index (χ0n) is 14.0. The van der Waals surface area contributed by atoms with E-state index in [0.717, 1.165) is 5.69 Å². The third kappa shape index (κ3) is 3.37. The molecule has 1 aliphatic rings. The van der Waals surface area contributed by atoms with Crippen LogP contribution in [0.5, 0.6) is 0 Å². The van der Waals surface area contributed by atoms with E-state index in [4.69, 9.17) is 4.42 Å². The molecule has 0 bridgehead atoms. The van der Waals surface area contributed by atoms with Gasteiger partial charge in [-0.05, 0) is 42.5 Å². The molecule has 1 saturated heterocycles. The first-order valence-corrected chi connectivity index (χ1v) is 8.40. The van der Waals surface area contributed by atoms with Gasteiger partial charge in [-0.15, -0.1) is 0 Å². The van der Waals surface area contributed by atoms with E-state index < -0.39 is 0 Å². The number of aromatic nitrogens is 2. The van der Waals surface area contributed by atoms with E-state index in [1.54, 1.807) is 28.1 Å². The quantitative estimate of drug-likeness (QED) is 0.766. The van der Waals surface area contributed by atoms with Crippen molar-refractivity contribution < 1.29 is 14.0 Å². The number of likely N-dealkylation sites (tertiary alicyclic amines) is 1. The first-order valence-electron chi connectivity index (χ1n) is 8.40. The second-order valence-corrected chi connectivity index (χ2v) is 6.24. The van der Waals surface area contributed by atoms with Crippen LogP contribution >= 0.6 is 0 Å². The van der Waals surface area contributed by atoms with Crippen LogP contribution in [0.1, 0.15) is 12.2 Å². The molecule has 7 heteroatoms. The highest BCUT2D eigenvalue weighted by Crippen LogP contribution is 2.22. The molecule has 3 heterocycles. The van der Waals surface area contributed by atoms with Crippen LogP contribution < -0.4 is 5.32 Å². The van der Waals surface area contributed by atoms with Crippen molar-refractivity contribution in [3.8, 4) is 5.69 Å². The number of benzene rings is 1. The standard InChI is InChI=1S/C19H18N4O3/c24-18-11-14(12-22(18)13-17-3-1-10-26-17)19(25)21-15-4-6-16(7-5-15)23-9-2-8-20-23/h1-10,14H,11-13H2,(H,21,25). The van der Waals surface area contributed by atoms with Crippen molar-refractivity contribution in [3.05, 3.63) is 66.9 Å². The molecule has 1 N–H and O–H groups in total. The van der Waals surface area contributed by atoms with E-state index in [2.05, 4.69) is 10.4 Å². The van der Waals surface area contributed by atoms with Gasteiger partial charge in [-0.3, -0.25) is 9.59 Å². The minimum absolute atomic E-state index is 0.0319. The number of amides is 2. The van der Waals surface area contributed by atoms with Gasteiger partial charge in [0.15, 0.2) is 0 Å². The number of rotatable bonds is 5. The lowest BCUT2D eigenvalue weighted by atomic mass is 10.1. The number of nitrogens with one attached hydrogen (secondary N) is 1. The average molecular weight is 350 g/mol. The summed E-state index contributed by atoms with van der Waals surface area (Å²) in [5.74, 6) is 0.180. The fourth-order valence-electron chi connectivity index (χ4n) is 3.05. The Balaban J connectivity index is 1.37. The van der Waals surface area contributed by atoms with Crippen molar-refractivity contribution in [2.45, 2.75) is 13.0 Å². The Morgan fingerprint density at radius 1 is 1.23 bits per heavy atom. The Bertz CT molecular complexity index is 886. The van der Waals surface area contributed by atoms with Crippen LogP contribution in [-0.2, 0) is 16.1 Å². The normalized spacial score (nSPS) is 16.8. The SMILES string of the molecule is O=C(Nc1ccc(-n2cccn2)cc1)C1CC(=O)N(Cc2ccco2)C1. The van der Waals surface area contributed by atoms with Crippen molar-refractivity contribution in [2.24, 2.45) is 5.92 Å². The summed E-state index contributed by atoms with van der Waals surface area (Å²) in [6.07, 6.45) is 5.36. The summed E-state index contributed by atoms with van der Waals surface area (Å²) in [6.45, 7) is 0.797. The van der Waals surface area contributed by atoms with Crippen molar-refractivity contribution in [1.29, 1.82) is 0 Å². The smallest absolute Gasteiger partial charge is 0.229 e. The van der Waals surface area contributed by atoms with Crippen molar-refractivity contribution in [1.82, 2.24) is 14.7 Å². The Morgan fingerprint density at radius 3 is 2.77 bits per heavy atom. The van der Waals surface area contributed by atoms with Gasteiger partial charge in [-0.1, -0.05) is 0 Å². The average Bonchev–Trinajstić information content (AvgIpc) is 3.39. The number of carbonyl (C=O) groups is 2. The van der Waals surface area contributed by atoms with Gasteiger partial charge in [-0.2, -0.15) is 5.10 Å². The molecular formula is C19H18N4O3. The predicted octanol–water partition coefficient (Wildman–Crippen LogP) is 2.45. The Hall–Kier alpha value is -3.35. The third-order valence-corrected chi connectivity index (χ3v) is 4.42. The van der Waals surface area contributed by atoms with E-state index in [1.807, 2.05) is 42.6 Å². The van der Waals surface area contributed by atoms with E-state index in [-0.39, 0.29) is 24.2 Å². The van der Waals surface area contributed by atoms with E-state index in [0.29, 0.717) is 24.5 Å². The lowest BCUT2D eigenvalue weighted by Crippen LogP contribution is -2.27. The summed E-state index contributed by atoms with van der Waals surface area (Å²) < 4.78 is 7.02. The number of hydrogen-bond donors (Lipinski definition) is 1. The lowest BCUT2D eigenvalue weighted by molar-refractivity contribution is -0.128. The Labute approximate surface area is 150 Å². The third-order valence-electron chi connectivity index (χ3n) is 4.42. The molecule has 1 aliphatic heterocycles. The molecule has 0 aliphatic carbocycles. The van der Waals surface area contributed by atoms with Gasteiger partial charge in [-0.25, -0.2) is 4.68 Å². The first kappa shape index (κ1) is 16.1. The maximum atomic E-state index is 12.5. The molecule has 0 saturated carbocycles. The molecule has 0 radical (unpaired) electrons. The molecule has 4 rings (SSSR count). The minimum Gasteiger partial charge on any atom is -0.467 e. The zero-order chi connectivity index (χ0) is 17.9. The van der Waals surface area contributed by atoms with Crippen LogP contribution in [-0.4, -0.2) is 33.0 Å². The fourth-order valence-corrected chi connectivity index (χ4v) is 3.05. The number of anilines is 1. The Morgan fingerprint density at radius 2 is 2.08 bits per heavy atom. The number of hydrogen-bond acceptors (Lipinski definition) is 4. The molecule has 26 heavy (non-hydrogen) atoms. The fraction of sp³-hybridized carbons (Fsp3) is 0.211. The van der Waals surface area contributed by atoms with Crippen LogP contribution in [0.2, 0.25) is 0 Å². The summed E-state index contributed by atoms with van der Waals surface area (Å²) in [7, 11) is 0. The highest BCUT2D eigenvalue weighted by molar-refractivity contribution is 5.97. The predicted molar refractivity (Wildman–Crippen MR) is 94.4 cm³/mol. The summed E-state index contributed by atoms with van der Waals surface area (Å²) in [4.78, 5) is 26.3. The summed E-state index contributed by atoms with van der Waals surface area (Å²) in [6, 6.07) is 12.9. The number of nitrogens with zero attached hydrogens (tertiary/aromatic N) is 3. The Kier molecular flexibility index (Phi) is 4.27. The second-order valence-electron chi connectivity index (χ2n) is 6.24. The van der Waals surface area contributed by atoms with Gasteiger partial charge in [0.2, 0.25) is 11.8 Å².